The minimum atomic E-state index is -0.489. The van der Waals surface area contributed by atoms with Crippen molar-refractivity contribution in [3.8, 4) is 11.5 Å². The summed E-state index contributed by atoms with van der Waals surface area (Å²) in [6.07, 6.45) is 0. The molecule has 1 amide bonds. The van der Waals surface area contributed by atoms with Crippen LogP contribution in [0.15, 0.2) is 52.9 Å². The number of para-hydroxylation sites is 2. The van der Waals surface area contributed by atoms with Gasteiger partial charge in [0.15, 0.2) is 5.58 Å². The summed E-state index contributed by atoms with van der Waals surface area (Å²) in [5.74, 6) is 0.166. The molecule has 9 heteroatoms. The van der Waals surface area contributed by atoms with Crippen LogP contribution in [0.2, 0.25) is 0 Å². The van der Waals surface area contributed by atoms with Gasteiger partial charge in [-0.3, -0.25) is 19.6 Å². The van der Waals surface area contributed by atoms with Crippen molar-refractivity contribution in [2.24, 2.45) is 0 Å². The van der Waals surface area contributed by atoms with E-state index in [2.05, 4.69) is 15.4 Å². The molecule has 2 aromatic heterocycles. The first-order valence-corrected chi connectivity index (χ1v) is 8.86. The molecule has 0 saturated heterocycles. The number of nitrogens with one attached hydrogen (secondary N) is 1. The highest BCUT2D eigenvalue weighted by Gasteiger charge is 2.22. The van der Waals surface area contributed by atoms with E-state index in [1.54, 1.807) is 38.1 Å². The summed E-state index contributed by atoms with van der Waals surface area (Å²) in [6.45, 7) is 3.00. The summed E-state index contributed by atoms with van der Waals surface area (Å²) < 4.78 is 7.06. The molecule has 0 fully saturated rings. The summed E-state index contributed by atoms with van der Waals surface area (Å²) in [4.78, 5) is 27.4. The lowest BCUT2D eigenvalue weighted by Gasteiger charge is -2.07. The molecule has 29 heavy (non-hydrogen) atoms. The van der Waals surface area contributed by atoms with Crippen LogP contribution < -0.4 is 5.32 Å². The molecule has 0 aliphatic carbocycles. The van der Waals surface area contributed by atoms with E-state index in [0.717, 1.165) is 11.1 Å². The molecule has 0 spiro atoms. The Kier molecular flexibility index (Phi) is 4.55. The van der Waals surface area contributed by atoms with Crippen LogP contribution in [0, 0.1) is 24.0 Å². The standard InChI is InChI=1S/C20H17N5O4/c1-12-19(25(27)28)13(2)24(23-12)11-18(26)21-15-9-7-14(8-10-15)20-22-16-5-3-4-6-17(16)29-20/h3-10H,11H2,1-2H3,(H,21,26). The summed E-state index contributed by atoms with van der Waals surface area (Å²) in [5, 5.41) is 17.9. The molecule has 4 aromatic rings. The number of aryl methyl sites for hydroxylation is 1. The Morgan fingerprint density at radius 1 is 1.17 bits per heavy atom. The molecule has 0 unspecified atom stereocenters. The van der Waals surface area contributed by atoms with Crippen LogP contribution in [-0.2, 0) is 11.3 Å². The summed E-state index contributed by atoms with van der Waals surface area (Å²) in [7, 11) is 0. The second-order valence-electron chi connectivity index (χ2n) is 6.55. The average molecular weight is 391 g/mol. The van der Waals surface area contributed by atoms with Gasteiger partial charge in [-0.15, -0.1) is 0 Å². The lowest BCUT2D eigenvalue weighted by atomic mass is 10.2. The van der Waals surface area contributed by atoms with Gasteiger partial charge >= 0.3 is 5.69 Å². The predicted molar refractivity (Wildman–Crippen MR) is 106 cm³/mol. The van der Waals surface area contributed by atoms with Crippen LogP contribution in [0.1, 0.15) is 11.4 Å². The molecule has 0 aliphatic heterocycles. The molecular formula is C20H17N5O4. The predicted octanol–water partition coefficient (Wildman–Crippen LogP) is 3.86. The average Bonchev–Trinajstić information content (AvgIpc) is 3.23. The third-order valence-corrected chi connectivity index (χ3v) is 4.53. The lowest BCUT2D eigenvalue weighted by Crippen LogP contribution is -2.20. The van der Waals surface area contributed by atoms with Crippen LogP contribution in [0.25, 0.3) is 22.6 Å². The first-order chi connectivity index (χ1) is 13.9. The van der Waals surface area contributed by atoms with Crippen molar-refractivity contribution in [2.45, 2.75) is 20.4 Å². The van der Waals surface area contributed by atoms with Crippen molar-refractivity contribution in [1.29, 1.82) is 0 Å². The number of nitrogens with zero attached hydrogens (tertiary/aromatic N) is 4. The second-order valence-corrected chi connectivity index (χ2v) is 6.55. The van der Waals surface area contributed by atoms with Gasteiger partial charge in [-0.1, -0.05) is 12.1 Å². The van der Waals surface area contributed by atoms with Crippen LogP contribution >= 0.6 is 0 Å². The molecule has 2 aromatic carbocycles. The zero-order valence-electron chi connectivity index (χ0n) is 15.7. The zero-order chi connectivity index (χ0) is 20.5. The van der Waals surface area contributed by atoms with E-state index in [1.165, 1.54) is 4.68 Å². The number of rotatable bonds is 5. The third kappa shape index (κ3) is 3.57. The van der Waals surface area contributed by atoms with E-state index in [9.17, 15) is 14.9 Å². The normalized spacial score (nSPS) is 11.0. The lowest BCUT2D eigenvalue weighted by molar-refractivity contribution is -0.386. The summed E-state index contributed by atoms with van der Waals surface area (Å²) >= 11 is 0. The van der Waals surface area contributed by atoms with Gasteiger partial charge in [-0.2, -0.15) is 5.10 Å². The fourth-order valence-electron chi connectivity index (χ4n) is 3.13. The second kappa shape index (κ2) is 7.19. The summed E-state index contributed by atoms with van der Waals surface area (Å²) in [6, 6.07) is 14.6. The quantitative estimate of drug-likeness (QED) is 0.408. The van der Waals surface area contributed by atoms with Gasteiger partial charge in [0.2, 0.25) is 11.8 Å². The summed E-state index contributed by atoms with van der Waals surface area (Å²) in [5.41, 5.74) is 3.41. The number of carbonyl (C=O) groups excluding carboxylic acids is 1. The minimum absolute atomic E-state index is 0.0690. The van der Waals surface area contributed by atoms with Crippen LogP contribution in [0.5, 0.6) is 0 Å². The van der Waals surface area contributed by atoms with E-state index in [4.69, 9.17) is 4.42 Å². The molecule has 9 nitrogen and oxygen atoms in total. The van der Waals surface area contributed by atoms with E-state index in [1.807, 2.05) is 24.3 Å². The van der Waals surface area contributed by atoms with Crippen LogP contribution in [-0.4, -0.2) is 25.6 Å². The van der Waals surface area contributed by atoms with Crippen molar-refractivity contribution >= 4 is 28.4 Å². The number of aromatic nitrogens is 3. The smallest absolute Gasteiger partial charge is 0.312 e. The number of anilines is 1. The van der Waals surface area contributed by atoms with Gasteiger partial charge < -0.3 is 9.73 Å². The Morgan fingerprint density at radius 2 is 1.90 bits per heavy atom. The van der Waals surface area contributed by atoms with Crippen molar-refractivity contribution in [3.63, 3.8) is 0 Å². The number of oxazole rings is 1. The number of hydrogen-bond acceptors (Lipinski definition) is 6. The van der Waals surface area contributed by atoms with Gasteiger partial charge in [0, 0.05) is 11.3 Å². The van der Waals surface area contributed by atoms with E-state index < -0.39 is 4.92 Å². The molecule has 0 saturated carbocycles. The Balaban J connectivity index is 1.47. The largest absolute Gasteiger partial charge is 0.436 e. The van der Waals surface area contributed by atoms with Gasteiger partial charge in [-0.25, -0.2) is 4.98 Å². The highest BCUT2D eigenvalue weighted by molar-refractivity contribution is 5.90. The molecule has 0 radical (unpaired) electrons. The highest BCUT2D eigenvalue weighted by Crippen LogP contribution is 2.25. The topological polar surface area (TPSA) is 116 Å². The minimum Gasteiger partial charge on any atom is -0.436 e. The molecule has 0 aliphatic rings. The number of benzene rings is 2. The molecule has 4 rings (SSSR count). The Hall–Kier alpha value is -4.01. The first-order valence-electron chi connectivity index (χ1n) is 8.86. The number of carbonyl (C=O) groups is 1. The van der Waals surface area contributed by atoms with Crippen molar-refractivity contribution in [2.75, 3.05) is 5.32 Å². The first kappa shape index (κ1) is 18.4. The van der Waals surface area contributed by atoms with Crippen molar-refractivity contribution in [1.82, 2.24) is 14.8 Å². The number of amides is 1. The van der Waals surface area contributed by atoms with Gasteiger partial charge in [0.1, 0.15) is 23.4 Å². The Labute approximate surface area is 165 Å². The van der Waals surface area contributed by atoms with E-state index in [-0.39, 0.29) is 23.8 Å². The molecule has 146 valence electrons. The molecule has 0 atom stereocenters. The van der Waals surface area contributed by atoms with E-state index >= 15 is 0 Å². The fourth-order valence-corrected chi connectivity index (χ4v) is 3.13. The molecular weight excluding hydrogens is 374 g/mol. The van der Waals surface area contributed by atoms with Crippen molar-refractivity contribution in [3.05, 3.63) is 70.0 Å². The maximum atomic E-state index is 12.3. The highest BCUT2D eigenvalue weighted by atomic mass is 16.6. The fraction of sp³-hybridized carbons (Fsp3) is 0.150. The van der Waals surface area contributed by atoms with Gasteiger partial charge in [-0.05, 0) is 50.2 Å². The van der Waals surface area contributed by atoms with Crippen molar-refractivity contribution < 1.29 is 14.1 Å². The number of fused-ring (bicyclic) bond motifs is 1. The Morgan fingerprint density at radius 3 is 2.55 bits per heavy atom. The van der Waals surface area contributed by atoms with Gasteiger partial charge in [0.05, 0.1) is 4.92 Å². The zero-order valence-corrected chi connectivity index (χ0v) is 15.7. The maximum absolute atomic E-state index is 12.3. The van der Waals surface area contributed by atoms with Crippen LogP contribution in [0.3, 0.4) is 0 Å². The maximum Gasteiger partial charge on any atom is 0.312 e. The Bertz CT molecular complexity index is 1190. The SMILES string of the molecule is Cc1nn(CC(=O)Nc2ccc(-c3nc4ccccc4o3)cc2)c(C)c1[N+](=O)[O-]. The molecule has 2 heterocycles. The molecule has 1 N–H and O–H groups in total. The van der Waals surface area contributed by atoms with Gasteiger partial charge in [0.25, 0.3) is 0 Å². The van der Waals surface area contributed by atoms with Crippen LogP contribution in [0.4, 0.5) is 11.4 Å². The molecule has 0 bridgehead atoms. The van der Waals surface area contributed by atoms with E-state index in [0.29, 0.717) is 22.9 Å². The number of hydrogen-bond donors (Lipinski definition) is 1. The number of nitro groups is 1. The third-order valence-electron chi connectivity index (χ3n) is 4.53. The monoisotopic (exact) mass is 391 g/mol.